The third-order valence-corrected chi connectivity index (χ3v) is 6.00. The van der Waals surface area contributed by atoms with Gasteiger partial charge >= 0.3 is 0 Å². The summed E-state index contributed by atoms with van der Waals surface area (Å²) in [6.45, 7) is 1.89. The van der Waals surface area contributed by atoms with E-state index in [9.17, 15) is 22.7 Å². The van der Waals surface area contributed by atoms with Crippen LogP contribution in [0, 0.1) is 12.7 Å². The number of sulfonamides is 1. The van der Waals surface area contributed by atoms with Crippen LogP contribution in [-0.2, 0) is 16.6 Å². The topological polar surface area (TPSA) is 125 Å². The first kappa shape index (κ1) is 23.1. The third kappa shape index (κ3) is 4.64. The molecule has 0 fully saturated rings. The summed E-state index contributed by atoms with van der Waals surface area (Å²) in [6.07, 6.45) is 3.64. The Morgan fingerprint density at radius 3 is 2.26 bits per heavy atom. The average Bonchev–Trinajstić information content (AvgIpc) is 2.80. The number of aryl methyl sites for hydroxylation is 1. The molecule has 4 aromatic rings. The molecule has 9 nitrogen and oxygen atoms in total. The van der Waals surface area contributed by atoms with Crippen LogP contribution in [0.25, 0.3) is 11.0 Å². The third-order valence-electron chi connectivity index (χ3n) is 4.95. The lowest BCUT2D eigenvalue weighted by atomic mass is 10.2. The summed E-state index contributed by atoms with van der Waals surface area (Å²) in [7, 11) is -3.94. The largest absolute Gasteiger partial charge is 0.504 e. The van der Waals surface area contributed by atoms with Gasteiger partial charge in [-0.2, -0.15) is 0 Å². The molecule has 1 amide bonds. The van der Waals surface area contributed by atoms with Crippen LogP contribution < -0.4 is 9.62 Å². The summed E-state index contributed by atoms with van der Waals surface area (Å²) < 4.78 is 39.7. The number of nitrogens with zero attached hydrogens (tertiary/aromatic N) is 4. The molecule has 0 aliphatic carbocycles. The van der Waals surface area contributed by atoms with Crippen molar-refractivity contribution in [1.29, 1.82) is 0 Å². The molecule has 0 aliphatic rings. The maximum Gasteiger partial charge on any atom is 0.274 e. The SMILES string of the molecule is Cc1ccc(N(c2nc(C(=O)NCc3ccc(F)cc3)c(O)c3nccnc23)S(C)(=O)=O)cc1. The first-order chi connectivity index (χ1) is 16.1. The van der Waals surface area contributed by atoms with E-state index in [2.05, 4.69) is 20.3 Å². The minimum absolute atomic E-state index is 0.00100. The number of rotatable bonds is 6. The van der Waals surface area contributed by atoms with Gasteiger partial charge in [0.15, 0.2) is 17.3 Å². The van der Waals surface area contributed by atoms with Crippen molar-refractivity contribution in [2.24, 2.45) is 0 Å². The number of hydrogen-bond donors (Lipinski definition) is 2. The number of fused-ring (bicyclic) bond motifs is 1. The second-order valence-electron chi connectivity index (χ2n) is 7.56. The van der Waals surface area contributed by atoms with E-state index >= 15 is 0 Å². The van der Waals surface area contributed by atoms with Crippen LogP contribution in [0.15, 0.2) is 60.9 Å². The number of aromatic hydroxyl groups is 1. The number of pyridine rings is 1. The predicted molar refractivity (Wildman–Crippen MR) is 125 cm³/mol. The Hall–Kier alpha value is -4.12. The normalized spacial score (nSPS) is 11.4. The van der Waals surface area contributed by atoms with Gasteiger partial charge in [-0.05, 0) is 36.8 Å². The second-order valence-corrected chi connectivity index (χ2v) is 9.39. The van der Waals surface area contributed by atoms with Crippen LogP contribution >= 0.6 is 0 Å². The molecule has 0 bridgehead atoms. The Bertz CT molecular complexity index is 1480. The first-order valence-electron chi connectivity index (χ1n) is 10.1. The Kier molecular flexibility index (Phi) is 6.12. The quantitative estimate of drug-likeness (QED) is 0.433. The van der Waals surface area contributed by atoms with Crippen molar-refractivity contribution in [3.8, 4) is 5.75 Å². The Morgan fingerprint density at radius 1 is 1.03 bits per heavy atom. The molecule has 2 aromatic heterocycles. The summed E-state index contributed by atoms with van der Waals surface area (Å²) in [5.74, 6) is -1.91. The molecule has 2 N–H and O–H groups in total. The zero-order valence-corrected chi connectivity index (χ0v) is 19.0. The van der Waals surface area contributed by atoms with Gasteiger partial charge in [0.25, 0.3) is 5.91 Å². The molecule has 0 saturated heterocycles. The minimum Gasteiger partial charge on any atom is -0.504 e. The van der Waals surface area contributed by atoms with Crippen LogP contribution in [-0.4, -0.2) is 40.6 Å². The number of carbonyl (C=O) groups excluding carboxylic acids is 1. The summed E-state index contributed by atoms with van der Waals surface area (Å²) in [6, 6.07) is 12.2. The van der Waals surface area contributed by atoms with Crippen LogP contribution in [0.1, 0.15) is 21.6 Å². The van der Waals surface area contributed by atoms with Crippen LogP contribution in [0.5, 0.6) is 5.75 Å². The van der Waals surface area contributed by atoms with E-state index in [4.69, 9.17) is 0 Å². The number of halogens is 1. The van der Waals surface area contributed by atoms with Crippen molar-refractivity contribution in [2.75, 3.05) is 10.6 Å². The molecule has 2 heterocycles. The van der Waals surface area contributed by atoms with Crippen molar-refractivity contribution in [1.82, 2.24) is 20.3 Å². The maximum atomic E-state index is 13.1. The fourth-order valence-electron chi connectivity index (χ4n) is 3.32. The van der Waals surface area contributed by atoms with Crippen molar-refractivity contribution < 1.29 is 22.7 Å². The van der Waals surface area contributed by atoms with E-state index in [-0.39, 0.29) is 29.1 Å². The molecular weight excluding hydrogens is 461 g/mol. The summed E-state index contributed by atoms with van der Waals surface area (Å²) in [4.78, 5) is 25.4. The van der Waals surface area contributed by atoms with Crippen LogP contribution in [0.3, 0.4) is 0 Å². The molecule has 0 unspecified atom stereocenters. The lowest BCUT2D eigenvalue weighted by Crippen LogP contribution is -2.28. The van der Waals surface area contributed by atoms with E-state index in [1.165, 1.54) is 36.7 Å². The molecule has 2 aromatic carbocycles. The molecule has 0 saturated carbocycles. The van der Waals surface area contributed by atoms with Crippen molar-refractivity contribution in [3.63, 3.8) is 0 Å². The highest BCUT2D eigenvalue weighted by atomic mass is 32.2. The first-order valence-corrected chi connectivity index (χ1v) is 11.9. The zero-order valence-electron chi connectivity index (χ0n) is 18.2. The Balaban J connectivity index is 1.83. The van der Waals surface area contributed by atoms with Gasteiger partial charge in [-0.1, -0.05) is 29.8 Å². The molecule has 0 spiro atoms. The predicted octanol–water partition coefficient (Wildman–Crippen LogP) is 3.21. The minimum atomic E-state index is -3.94. The lowest BCUT2D eigenvalue weighted by molar-refractivity contribution is 0.0943. The van der Waals surface area contributed by atoms with E-state index in [1.807, 2.05) is 6.92 Å². The highest BCUT2D eigenvalue weighted by molar-refractivity contribution is 7.92. The number of hydrogen-bond acceptors (Lipinski definition) is 7. The van der Waals surface area contributed by atoms with Crippen molar-refractivity contribution in [2.45, 2.75) is 13.5 Å². The maximum absolute atomic E-state index is 13.1. The van der Waals surface area contributed by atoms with Gasteiger partial charge in [-0.3, -0.25) is 4.79 Å². The molecule has 34 heavy (non-hydrogen) atoms. The lowest BCUT2D eigenvalue weighted by Gasteiger charge is -2.23. The highest BCUT2D eigenvalue weighted by Crippen LogP contribution is 2.36. The van der Waals surface area contributed by atoms with Gasteiger partial charge in [0, 0.05) is 18.9 Å². The van der Waals surface area contributed by atoms with Crippen LogP contribution in [0.4, 0.5) is 15.9 Å². The van der Waals surface area contributed by atoms with E-state index in [1.54, 1.807) is 24.3 Å². The van der Waals surface area contributed by atoms with Crippen molar-refractivity contribution >= 4 is 38.5 Å². The number of carbonyl (C=O) groups is 1. The Labute approximate surface area is 195 Å². The van der Waals surface area contributed by atoms with E-state index < -0.39 is 33.2 Å². The Morgan fingerprint density at radius 2 is 1.65 bits per heavy atom. The van der Waals surface area contributed by atoms with Crippen LogP contribution in [0.2, 0.25) is 0 Å². The van der Waals surface area contributed by atoms with Gasteiger partial charge in [-0.15, -0.1) is 0 Å². The number of benzene rings is 2. The van der Waals surface area contributed by atoms with E-state index in [0.717, 1.165) is 16.1 Å². The second kappa shape index (κ2) is 9.02. The molecule has 4 rings (SSSR count). The molecule has 0 atom stereocenters. The van der Waals surface area contributed by atoms with Gasteiger partial charge in [-0.25, -0.2) is 32.1 Å². The molecular formula is C23H20FN5O4S. The number of nitrogens with one attached hydrogen (secondary N) is 1. The monoisotopic (exact) mass is 481 g/mol. The molecule has 11 heteroatoms. The van der Waals surface area contributed by atoms with Gasteiger partial charge in [0.1, 0.15) is 16.9 Å². The fourth-order valence-corrected chi connectivity index (χ4v) is 4.26. The molecule has 0 aliphatic heterocycles. The fraction of sp³-hybridized carbons (Fsp3) is 0.130. The summed E-state index contributed by atoms with van der Waals surface area (Å²) in [5.41, 5.74) is 1.30. The molecule has 0 radical (unpaired) electrons. The average molecular weight is 482 g/mol. The number of anilines is 2. The molecule has 174 valence electrons. The van der Waals surface area contributed by atoms with Gasteiger partial charge in [0.05, 0.1) is 11.9 Å². The van der Waals surface area contributed by atoms with Gasteiger partial charge in [0.2, 0.25) is 10.0 Å². The summed E-state index contributed by atoms with van der Waals surface area (Å²) in [5, 5.41) is 13.3. The standard InChI is InChI=1S/C23H20FN5O4S/c1-14-3-9-17(10-4-14)29(34(2,32)33)22-19-18(25-11-12-26-19)21(30)20(28-22)23(31)27-13-15-5-7-16(24)8-6-15/h3-12,30H,13H2,1-2H3,(H,27,31). The number of amides is 1. The van der Waals surface area contributed by atoms with E-state index in [0.29, 0.717) is 5.56 Å². The zero-order chi connectivity index (χ0) is 24.5. The smallest absolute Gasteiger partial charge is 0.274 e. The van der Waals surface area contributed by atoms with Gasteiger partial charge < -0.3 is 10.4 Å². The van der Waals surface area contributed by atoms with Crippen molar-refractivity contribution in [3.05, 3.63) is 83.6 Å². The summed E-state index contributed by atoms with van der Waals surface area (Å²) >= 11 is 0. The highest BCUT2D eigenvalue weighted by Gasteiger charge is 2.29. The number of aromatic nitrogens is 3.